The Bertz CT molecular complexity index is 1310. The van der Waals surface area contributed by atoms with Crippen molar-refractivity contribution in [1.82, 2.24) is 19.4 Å². The van der Waals surface area contributed by atoms with Gasteiger partial charge in [0.25, 0.3) is 11.5 Å². The van der Waals surface area contributed by atoms with Crippen LogP contribution in [0.3, 0.4) is 0 Å². The van der Waals surface area contributed by atoms with E-state index in [9.17, 15) is 9.59 Å². The molecule has 1 saturated heterocycles. The van der Waals surface area contributed by atoms with Crippen LogP contribution in [0, 0.1) is 6.92 Å². The lowest BCUT2D eigenvalue weighted by Crippen LogP contribution is -2.48. The van der Waals surface area contributed by atoms with Crippen molar-refractivity contribution in [3.63, 3.8) is 0 Å². The summed E-state index contributed by atoms with van der Waals surface area (Å²) >= 11 is 1.37. The summed E-state index contributed by atoms with van der Waals surface area (Å²) in [5, 5.41) is 0.621. The first-order valence-corrected chi connectivity index (χ1v) is 12.3. The van der Waals surface area contributed by atoms with E-state index in [1.165, 1.54) is 16.9 Å². The van der Waals surface area contributed by atoms with Crippen LogP contribution >= 0.6 is 11.3 Å². The average Bonchev–Trinajstić information content (AvgIpc) is 3.43. The molecule has 33 heavy (non-hydrogen) atoms. The Kier molecular flexibility index (Phi) is 5.10. The summed E-state index contributed by atoms with van der Waals surface area (Å²) < 4.78 is 12.7. The van der Waals surface area contributed by atoms with E-state index >= 15 is 0 Å². The van der Waals surface area contributed by atoms with E-state index in [2.05, 4.69) is 11.0 Å². The molecule has 3 aromatic rings. The molecule has 0 aliphatic carbocycles. The zero-order chi connectivity index (χ0) is 22.5. The Labute approximate surface area is 195 Å². The minimum absolute atomic E-state index is 0.0102. The van der Waals surface area contributed by atoms with Gasteiger partial charge < -0.3 is 14.4 Å². The van der Waals surface area contributed by atoms with Crippen molar-refractivity contribution in [1.29, 1.82) is 0 Å². The van der Waals surface area contributed by atoms with Crippen LogP contribution in [0.5, 0.6) is 11.5 Å². The predicted octanol–water partition coefficient (Wildman–Crippen LogP) is 2.79. The number of ether oxygens (including phenoxy) is 2. The summed E-state index contributed by atoms with van der Waals surface area (Å²) in [5.74, 6) is 2.47. The number of rotatable bonds is 3. The SMILES string of the molecule is Cc1c(C(=O)N2CCN(Cc3ccc4c(c3)OCO4)CC2)sc2nc3n(c(=O)c12)CCCC3. The molecule has 1 amide bonds. The summed E-state index contributed by atoms with van der Waals surface area (Å²) in [6.07, 6.45) is 2.90. The smallest absolute Gasteiger partial charge is 0.264 e. The molecular formula is C24H26N4O4S. The number of hydrogen-bond acceptors (Lipinski definition) is 7. The average molecular weight is 467 g/mol. The summed E-state index contributed by atoms with van der Waals surface area (Å²) in [7, 11) is 0. The lowest BCUT2D eigenvalue weighted by atomic mass is 10.1. The lowest BCUT2D eigenvalue weighted by Gasteiger charge is -2.34. The molecule has 0 unspecified atom stereocenters. The third-order valence-corrected chi connectivity index (χ3v) is 8.03. The molecule has 172 valence electrons. The monoisotopic (exact) mass is 466 g/mol. The fourth-order valence-corrected chi connectivity index (χ4v) is 6.15. The molecule has 8 nitrogen and oxygen atoms in total. The zero-order valence-corrected chi connectivity index (χ0v) is 19.4. The van der Waals surface area contributed by atoms with Gasteiger partial charge in [0.1, 0.15) is 10.7 Å². The third kappa shape index (κ3) is 3.59. The first kappa shape index (κ1) is 20.7. The number of piperazine rings is 1. The number of nitrogens with zero attached hydrogens (tertiary/aromatic N) is 4. The normalized spacial score (nSPS) is 18.0. The summed E-state index contributed by atoms with van der Waals surface area (Å²) in [5.41, 5.74) is 1.96. The molecule has 0 N–H and O–H groups in total. The molecule has 2 aromatic heterocycles. The molecule has 1 aromatic carbocycles. The van der Waals surface area contributed by atoms with Gasteiger partial charge in [-0.2, -0.15) is 0 Å². The largest absolute Gasteiger partial charge is 0.454 e. The highest BCUT2D eigenvalue weighted by Crippen LogP contribution is 2.33. The topological polar surface area (TPSA) is 76.9 Å². The molecule has 0 saturated carbocycles. The van der Waals surface area contributed by atoms with Crippen molar-refractivity contribution < 1.29 is 14.3 Å². The van der Waals surface area contributed by atoms with Gasteiger partial charge in [-0.3, -0.25) is 19.1 Å². The molecule has 0 atom stereocenters. The second kappa shape index (κ2) is 8.14. The highest BCUT2D eigenvalue weighted by Gasteiger charge is 2.28. The number of fused-ring (bicyclic) bond motifs is 3. The maximum absolute atomic E-state index is 13.4. The van der Waals surface area contributed by atoms with Gasteiger partial charge >= 0.3 is 0 Å². The number of benzene rings is 1. The first-order valence-electron chi connectivity index (χ1n) is 11.5. The van der Waals surface area contributed by atoms with E-state index in [0.717, 1.165) is 68.3 Å². The van der Waals surface area contributed by atoms with Gasteiger partial charge in [0.15, 0.2) is 11.5 Å². The maximum Gasteiger partial charge on any atom is 0.264 e. The molecule has 1 fully saturated rings. The van der Waals surface area contributed by atoms with Crippen molar-refractivity contribution in [3.8, 4) is 11.5 Å². The third-order valence-electron chi connectivity index (χ3n) is 6.86. The van der Waals surface area contributed by atoms with Crippen LogP contribution < -0.4 is 15.0 Å². The van der Waals surface area contributed by atoms with Crippen LogP contribution in [0.25, 0.3) is 10.2 Å². The number of aryl methyl sites for hydroxylation is 2. The number of hydrogen-bond donors (Lipinski definition) is 0. The number of thiophene rings is 1. The molecular weight excluding hydrogens is 440 g/mol. The summed E-state index contributed by atoms with van der Waals surface area (Å²) in [6, 6.07) is 6.05. The first-order chi connectivity index (χ1) is 16.1. The van der Waals surface area contributed by atoms with Crippen molar-refractivity contribution in [2.75, 3.05) is 33.0 Å². The molecule has 0 spiro atoms. The van der Waals surface area contributed by atoms with Gasteiger partial charge in [0, 0.05) is 45.7 Å². The van der Waals surface area contributed by atoms with Gasteiger partial charge in [0.2, 0.25) is 6.79 Å². The lowest BCUT2D eigenvalue weighted by molar-refractivity contribution is 0.0632. The number of amides is 1. The maximum atomic E-state index is 13.4. The minimum atomic E-state index is 0.0102. The van der Waals surface area contributed by atoms with Crippen LogP contribution in [0.2, 0.25) is 0 Å². The van der Waals surface area contributed by atoms with Crippen molar-refractivity contribution >= 4 is 27.5 Å². The van der Waals surface area contributed by atoms with Gasteiger partial charge in [-0.1, -0.05) is 6.07 Å². The Hall–Kier alpha value is -2.91. The van der Waals surface area contributed by atoms with Crippen molar-refractivity contribution in [2.24, 2.45) is 0 Å². The highest BCUT2D eigenvalue weighted by molar-refractivity contribution is 7.20. The Morgan fingerprint density at radius 2 is 1.91 bits per heavy atom. The molecule has 3 aliphatic rings. The summed E-state index contributed by atoms with van der Waals surface area (Å²) in [6.45, 7) is 6.65. The van der Waals surface area contributed by atoms with Crippen molar-refractivity contribution in [3.05, 3.63) is 50.4 Å². The van der Waals surface area contributed by atoms with E-state index < -0.39 is 0 Å². The quantitative estimate of drug-likeness (QED) is 0.591. The van der Waals surface area contributed by atoms with Crippen LogP contribution in [-0.2, 0) is 19.5 Å². The molecule has 0 radical (unpaired) electrons. The van der Waals surface area contributed by atoms with Crippen LogP contribution in [0.4, 0.5) is 0 Å². The van der Waals surface area contributed by atoms with Crippen molar-refractivity contribution in [2.45, 2.75) is 39.3 Å². The van der Waals surface area contributed by atoms with Gasteiger partial charge in [-0.15, -0.1) is 11.3 Å². The zero-order valence-electron chi connectivity index (χ0n) is 18.6. The second-order valence-corrected chi connectivity index (χ2v) is 9.93. The van der Waals surface area contributed by atoms with Crippen LogP contribution in [-0.4, -0.2) is 58.2 Å². The fraction of sp³-hybridized carbons (Fsp3) is 0.458. The van der Waals surface area contributed by atoms with Gasteiger partial charge in [-0.05, 0) is 43.0 Å². The molecule has 6 rings (SSSR count). The predicted molar refractivity (Wildman–Crippen MR) is 125 cm³/mol. The number of aromatic nitrogens is 2. The van der Waals surface area contributed by atoms with Gasteiger partial charge in [-0.25, -0.2) is 4.98 Å². The van der Waals surface area contributed by atoms with Gasteiger partial charge in [0.05, 0.1) is 10.3 Å². The second-order valence-electron chi connectivity index (χ2n) is 8.93. The van der Waals surface area contributed by atoms with E-state index in [1.807, 2.05) is 24.0 Å². The Morgan fingerprint density at radius 1 is 1.09 bits per heavy atom. The van der Waals surface area contributed by atoms with Crippen LogP contribution in [0.1, 0.15) is 39.5 Å². The Balaban J connectivity index is 1.17. The van der Waals surface area contributed by atoms with E-state index in [1.54, 1.807) is 4.57 Å². The molecule has 3 aliphatic heterocycles. The van der Waals surface area contributed by atoms with E-state index in [4.69, 9.17) is 14.5 Å². The number of carbonyl (C=O) groups is 1. The minimum Gasteiger partial charge on any atom is -0.454 e. The summed E-state index contributed by atoms with van der Waals surface area (Å²) in [4.78, 5) is 36.8. The molecule has 5 heterocycles. The fourth-order valence-electron chi connectivity index (χ4n) is 4.99. The Morgan fingerprint density at radius 3 is 2.76 bits per heavy atom. The van der Waals surface area contributed by atoms with E-state index in [-0.39, 0.29) is 18.3 Å². The molecule has 0 bridgehead atoms. The molecule has 9 heteroatoms. The highest BCUT2D eigenvalue weighted by atomic mass is 32.1. The standard InChI is InChI=1S/C24H26N4O4S/c1-15-20-22(25-19-4-2-3-7-28(19)23(20)29)33-21(15)24(30)27-10-8-26(9-11-27)13-16-5-6-17-18(12-16)32-14-31-17/h5-6,12H,2-4,7-11,13-14H2,1H3. The van der Waals surface area contributed by atoms with E-state index in [0.29, 0.717) is 28.2 Å². The number of carbonyl (C=O) groups excluding carboxylic acids is 1. The van der Waals surface area contributed by atoms with Crippen LogP contribution in [0.15, 0.2) is 23.0 Å².